The van der Waals surface area contributed by atoms with Crippen molar-refractivity contribution in [2.45, 2.75) is 6.92 Å². The van der Waals surface area contributed by atoms with E-state index in [-0.39, 0.29) is 12.5 Å². The Balaban J connectivity index is 1.96. The zero-order chi connectivity index (χ0) is 15.4. The lowest BCUT2D eigenvalue weighted by atomic mass is 10.2. The van der Waals surface area contributed by atoms with Gasteiger partial charge in [-0.25, -0.2) is 0 Å². The van der Waals surface area contributed by atoms with E-state index in [1.54, 1.807) is 30.3 Å². The van der Waals surface area contributed by atoms with Crippen molar-refractivity contribution in [3.63, 3.8) is 0 Å². The molecule has 2 aromatic rings. The van der Waals surface area contributed by atoms with Crippen LogP contribution >= 0.6 is 23.2 Å². The van der Waals surface area contributed by atoms with E-state index in [1.165, 1.54) is 0 Å². The highest BCUT2D eigenvalue weighted by Gasteiger charge is 2.08. The number of amides is 1. The summed E-state index contributed by atoms with van der Waals surface area (Å²) in [6.07, 6.45) is 0. The number of carbonyl (C=O) groups excluding carboxylic acids is 1. The predicted molar refractivity (Wildman–Crippen MR) is 86.2 cm³/mol. The number of hydrogen-bond donors (Lipinski definition) is 2. The van der Waals surface area contributed by atoms with E-state index < -0.39 is 0 Å². The van der Waals surface area contributed by atoms with Gasteiger partial charge in [-0.1, -0.05) is 29.3 Å². The number of nitrogens with two attached hydrogens (primary N) is 1. The average Bonchev–Trinajstić information content (AvgIpc) is 2.41. The molecule has 0 aliphatic carbocycles. The lowest BCUT2D eigenvalue weighted by Gasteiger charge is -2.10. The van der Waals surface area contributed by atoms with E-state index in [0.29, 0.717) is 27.2 Å². The molecule has 21 heavy (non-hydrogen) atoms. The fraction of sp³-hybridized carbons (Fsp3) is 0.133. The highest BCUT2D eigenvalue weighted by molar-refractivity contribution is 6.34. The maximum Gasteiger partial charge on any atom is 0.262 e. The number of nitrogen functional groups attached to an aromatic ring is 1. The molecule has 0 saturated carbocycles. The summed E-state index contributed by atoms with van der Waals surface area (Å²) in [6, 6.07) is 10.2. The Morgan fingerprint density at radius 1 is 1.19 bits per heavy atom. The average molecular weight is 325 g/mol. The van der Waals surface area contributed by atoms with E-state index in [0.717, 1.165) is 5.56 Å². The molecule has 0 atom stereocenters. The van der Waals surface area contributed by atoms with Gasteiger partial charge < -0.3 is 15.8 Å². The van der Waals surface area contributed by atoms with Crippen LogP contribution in [0.1, 0.15) is 5.56 Å². The third-order valence-corrected chi connectivity index (χ3v) is 3.32. The van der Waals surface area contributed by atoms with Crippen molar-refractivity contribution in [2.75, 3.05) is 17.7 Å². The maximum atomic E-state index is 11.8. The Morgan fingerprint density at radius 2 is 1.95 bits per heavy atom. The summed E-state index contributed by atoms with van der Waals surface area (Å²) in [5, 5.41) is 3.48. The van der Waals surface area contributed by atoms with Gasteiger partial charge in [0.15, 0.2) is 6.61 Å². The highest BCUT2D eigenvalue weighted by atomic mass is 35.5. The Morgan fingerprint density at radius 3 is 2.62 bits per heavy atom. The molecule has 0 fully saturated rings. The van der Waals surface area contributed by atoms with Crippen LogP contribution in [-0.2, 0) is 4.79 Å². The molecule has 0 saturated heterocycles. The number of ether oxygens (including phenoxy) is 1. The van der Waals surface area contributed by atoms with Crippen molar-refractivity contribution >= 4 is 40.5 Å². The molecule has 4 nitrogen and oxygen atoms in total. The van der Waals surface area contributed by atoms with E-state index >= 15 is 0 Å². The molecule has 0 aromatic heterocycles. The number of nitrogens with one attached hydrogen (secondary N) is 1. The van der Waals surface area contributed by atoms with Gasteiger partial charge in [0.05, 0.1) is 15.7 Å². The topological polar surface area (TPSA) is 64.3 Å². The number of aryl methyl sites for hydroxylation is 1. The fourth-order valence-electron chi connectivity index (χ4n) is 1.69. The smallest absolute Gasteiger partial charge is 0.262 e. The summed E-state index contributed by atoms with van der Waals surface area (Å²) in [6.45, 7) is 1.76. The van der Waals surface area contributed by atoms with Crippen LogP contribution in [0.25, 0.3) is 0 Å². The minimum atomic E-state index is -0.335. The monoisotopic (exact) mass is 324 g/mol. The molecular formula is C15H14Cl2N2O2. The molecule has 0 radical (unpaired) electrons. The number of benzene rings is 2. The molecular weight excluding hydrogens is 311 g/mol. The molecule has 0 spiro atoms. The zero-order valence-corrected chi connectivity index (χ0v) is 12.8. The molecule has 3 N–H and O–H groups in total. The van der Waals surface area contributed by atoms with Crippen LogP contribution in [0, 0.1) is 6.92 Å². The van der Waals surface area contributed by atoms with Gasteiger partial charge in [-0.15, -0.1) is 0 Å². The van der Waals surface area contributed by atoms with E-state index in [1.807, 2.05) is 13.0 Å². The van der Waals surface area contributed by atoms with Gasteiger partial charge in [-0.3, -0.25) is 4.79 Å². The van der Waals surface area contributed by atoms with Crippen LogP contribution in [0.15, 0.2) is 36.4 Å². The summed E-state index contributed by atoms with van der Waals surface area (Å²) in [5.74, 6) is 0.124. The molecule has 0 bridgehead atoms. The molecule has 1 amide bonds. The van der Waals surface area contributed by atoms with Gasteiger partial charge in [0.2, 0.25) is 0 Å². The molecule has 0 unspecified atom stereocenters. The fourth-order valence-corrected chi connectivity index (χ4v) is 2.21. The van der Waals surface area contributed by atoms with E-state index in [2.05, 4.69) is 5.32 Å². The normalized spacial score (nSPS) is 10.2. The maximum absolute atomic E-state index is 11.8. The van der Waals surface area contributed by atoms with Crippen LogP contribution in [0.3, 0.4) is 0 Å². The second kappa shape index (κ2) is 6.70. The molecule has 0 heterocycles. The van der Waals surface area contributed by atoms with Crippen LogP contribution in [-0.4, -0.2) is 12.5 Å². The summed E-state index contributed by atoms with van der Waals surface area (Å²) < 4.78 is 5.38. The van der Waals surface area contributed by atoms with Crippen molar-refractivity contribution in [1.82, 2.24) is 0 Å². The summed E-state index contributed by atoms with van der Waals surface area (Å²) in [7, 11) is 0. The van der Waals surface area contributed by atoms with Gasteiger partial charge in [-0.05, 0) is 42.8 Å². The van der Waals surface area contributed by atoms with Crippen molar-refractivity contribution in [1.29, 1.82) is 0 Å². The number of halogens is 2. The van der Waals surface area contributed by atoms with Crippen molar-refractivity contribution in [3.05, 3.63) is 52.0 Å². The predicted octanol–water partition coefficient (Wildman–Crippen LogP) is 3.90. The van der Waals surface area contributed by atoms with Gasteiger partial charge in [-0.2, -0.15) is 0 Å². The number of rotatable bonds is 4. The number of carbonyl (C=O) groups is 1. The van der Waals surface area contributed by atoms with Crippen LogP contribution in [0.2, 0.25) is 10.0 Å². The van der Waals surface area contributed by atoms with Crippen LogP contribution in [0.5, 0.6) is 5.75 Å². The van der Waals surface area contributed by atoms with Gasteiger partial charge >= 0.3 is 0 Å². The van der Waals surface area contributed by atoms with Crippen LogP contribution in [0.4, 0.5) is 11.4 Å². The van der Waals surface area contributed by atoms with Crippen molar-refractivity contribution < 1.29 is 9.53 Å². The lowest BCUT2D eigenvalue weighted by Crippen LogP contribution is -2.20. The second-order valence-corrected chi connectivity index (χ2v) is 5.32. The third-order valence-electron chi connectivity index (χ3n) is 2.71. The third kappa shape index (κ3) is 4.28. The minimum Gasteiger partial charge on any atom is -0.482 e. The summed E-state index contributed by atoms with van der Waals surface area (Å²) in [4.78, 5) is 11.8. The Kier molecular flexibility index (Phi) is 4.94. The first-order chi connectivity index (χ1) is 9.95. The molecule has 2 rings (SSSR count). The highest BCUT2D eigenvalue weighted by Crippen LogP contribution is 2.26. The quantitative estimate of drug-likeness (QED) is 0.838. The number of anilines is 2. The molecule has 2 aromatic carbocycles. The first kappa shape index (κ1) is 15.5. The molecule has 110 valence electrons. The van der Waals surface area contributed by atoms with Gasteiger partial charge in [0.1, 0.15) is 5.75 Å². The van der Waals surface area contributed by atoms with E-state index in [9.17, 15) is 4.79 Å². The van der Waals surface area contributed by atoms with Crippen molar-refractivity contribution in [3.8, 4) is 5.75 Å². The van der Waals surface area contributed by atoms with Crippen molar-refractivity contribution in [2.24, 2.45) is 0 Å². The second-order valence-electron chi connectivity index (χ2n) is 4.51. The minimum absolute atomic E-state index is 0.163. The Hall–Kier alpha value is -1.91. The SMILES string of the molecule is Cc1ccc(OCC(=O)Nc2ccc(N)cc2Cl)c(Cl)c1. The largest absolute Gasteiger partial charge is 0.482 e. The van der Waals surface area contributed by atoms with Gasteiger partial charge in [0, 0.05) is 5.69 Å². The summed E-state index contributed by atoms with van der Waals surface area (Å²) >= 11 is 12.0. The lowest BCUT2D eigenvalue weighted by molar-refractivity contribution is -0.118. The molecule has 6 heteroatoms. The molecule has 0 aliphatic rings. The zero-order valence-electron chi connectivity index (χ0n) is 11.3. The Labute approximate surface area is 132 Å². The summed E-state index contributed by atoms with van der Waals surface area (Å²) in [5.41, 5.74) is 7.61. The van der Waals surface area contributed by atoms with Gasteiger partial charge in [0.25, 0.3) is 5.91 Å². The standard InChI is InChI=1S/C15H14Cl2N2O2/c1-9-2-5-14(12(17)6-9)21-8-15(20)19-13-4-3-10(18)7-11(13)16/h2-7H,8,18H2,1H3,(H,19,20). The first-order valence-electron chi connectivity index (χ1n) is 6.19. The van der Waals surface area contributed by atoms with E-state index in [4.69, 9.17) is 33.7 Å². The molecule has 0 aliphatic heterocycles. The van der Waals surface area contributed by atoms with Crippen LogP contribution < -0.4 is 15.8 Å². The number of hydrogen-bond acceptors (Lipinski definition) is 3. The first-order valence-corrected chi connectivity index (χ1v) is 6.95. The Bertz CT molecular complexity index is 675.